The zero-order chi connectivity index (χ0) is 29.5. The maximum absolute atomic E-state index is 12.9. The Balaban J connectivity index is 1.56. The lowest BCUT2D eigenvalue weighted by atomic mass is 10.0. The van der Waals surface area contributed by atoms with Crippen LogP contribution in [0.15, 0.2) is 71.8 Å². The number of carbonyl (C=O) groups excluding carboxylic acids is 2. The Hall–Kier alpha value is -4.25. The maximum Gasteiger partial charge on any atom is 0.323 e. The number of nitrogens with zero attached hydrogens (tertiary/aromatic N) is 4. The summed E-state index contributed by atoms with van der Waals surface area (Å²) in [5.41, 5.74) is 3.34. The Morgan fingerprint density at radius 1 is 0.927 bits per heavy atom. The molecule has 41 heavy (non-hydrogen) atoms. The first-order chi connectivity index (χ1) is 19.7. The average Bonchev–Trinajstić information content (AvgIpc) is 2.96. The summed E-state index contributed by atoms with van der Waals surface area (Å²) in [6.45, 7) is 3.40. The largest absolute Gasteiger partial charge is 0.351 e. The smallest absolute Gasteiger partial charge is 0.323 e. The van der Waals surface area contributed by atoms with Crippen molar-refractivity contribution in [1.82, 2.24) is 25.0 Å². The highest BCUT2D eigenvalue weighted by molar-refractivity contribution is 6.39. The number of urea groups is 1. The van der Waals surface area contributed by atoms with Gasteiger partial charge < -0.3 is 20.9 Å². The standard InChI is InChI=1S/C29H29Cl2N7O3/c1-4-38-28(40)25(34-29(41)35-26-22(30)16-32-17-23(26)31)15-24(36-38)21-7-5-6-20(14-21)18-8-10-19(11-9-18)27(39)33-12-13-37(2)3/h5-11,14-17H,4,12-13H2,1-3H3,(H,33,39)(H2,32,34,35,41). The predicted octanol–water partition coefficient (Wildman–Crippen LogP) is 5.23. The molecule has 0 radical (unpaired) electrons. The molecule has 0 unspecified atom stereocenters. The van der Waals surface area contributed by atoms with Crippen molar-refractivity contribution in [3.05, 3.63) is 93.0 Å². The molecule has 10 nitrogen and oxygen atoms in total. The Labute approximate surface area is 247 Å². The van der Waals surface area contributed by atoms with Crippen LogP contribution in [0.5, 0.6) is 0 Å². The SMILES string of the molecule is CCn1nc(-c2cccc(-c3ccc(C(=O)NCCN(C)C)cc3)c2)cc(NC(=O)Nc2c(Cl)cncc2Cl)c1=O. The summed E-state index contributed by atoms with van der Waals surface area (Å²) in [4.78, 5) is 44.0. The van der Waals surface area contributed by atoms with E-state index in [-0.39, 0.29) is 27.3 Å². The van der Waals surface area contributed by atoms with Crippen LogP contribution in [-0.2, 0) is 6.54 Å². The van der Waals surface area contributed by atoms with E-state index in [9.17, 15) is 14.4 Å². The highest BCUT2D eigenvalue weighted by atomic mass is 35.5. The van der Waals surface area contributed by atoms with Crippen LogP contribution in [0.1, 0.15) is 17.3 Å². The molecule has 3 N–H and O–H groups in total. The van der Waals surface area contributed by atoms with Gasteiger partial charge in [0.2, 0.25) is 0 Å². The molecule has 2 heterocycles. The Bertz CT molecular complexity index is 1600. The van der Waals surface area contributed by atoms with Crippen LogP contribution < -0.4 is 21.5 Å². The molecule has 2 aromatic heterocycles. The van der Waals surface area contributed by atoms with Gasteiger partial charge in [0.15, 0.2) is 0 Å². The molecular weight excluding hydrogens is 565 g/mol. The number of amides is 3. The molecule has 0 aliphatic rings. The van der Waals surface area contributed by atoms with E-state index in [1.165, 1.54) is 23.1 Å². The molecular formula is C29H29Cl2N7O3. The van der Waals surface area contributed by atoms with Crippen molar-refractivity contribution in [1.29, 1.82) is 0 Å². The Morgan fingerprint density at radius 3 is 2.27 bits per heavy atom. The van der Waals surface area contributed by atoms with Crippen molar-refractivity contribution < 1.29 is 9.59 Å². The van der Waals surface area contributed by atoms with Crippen LogP contribution >= 0.6 is 23.2 Å². The molecule has 2 aromatic carbocycles. The van der Waals surface area contributed by atoms with Crippen molar-refractivity contribution in [2.24, 2.45) is 0 Å². The first kappa shape index (κ1) is 29.7. The minimum atomic E-state index is -0.698. The van der Waals surface area contributed by atoms with Gasteiger partial charge in [0, 0.05) is 43.2 Å². The van der Waals surface area contributed by atoms with Crippen LogP contribution in [0.2, 0.25) is 10.0 Å². The second-order valence-electron chi connectivity index (χ2n) is 9.34. The summed E-state index contributed by atoms with van der Waals surface area (Å²) >= 11 is 12.2. The molecule has 0 fully saturated rings. The number of aromatic nitrogens is 3. The summed E-state index contributed by atoms with van der Waals surface area (Å²) in [6.07, 6.45) is 2.69. The zero-order valence-corrected chi connectivity index (χ0v) is 24.3. The van der Waals surface area contributed by atoms with E-state index in [0.717, 1.165) is 23.2 Å². The summed E-state index contributed by atoms with van der Waals surface area (Å²) in [5.74, 6) is -0.129. The molecule has 0 aliphatic heterocycles. The Kier molecular flexibility index (Phi) is 9.72. The quantitative estimate of drug-likeness (QED) is 0.244. The van der Waals surface area contributed by atoms with E-state index in [2.05, 4.69) is 26.0 Å². The fourth-order valence-electron chi connectivity index (χ4n) is 3.95. The minimum absolute atomic E-state index is 0.0330. The molecule has 0 atom stereocenters. The summed E-state index contributed by atoms with van der Waals surface area (Å²) < 4.78 is 1.27. The number of anilines is 2. The third-order valence-electron chi connectivity index (χ3n) is 6.10. The second kappa shape index (κ2) is 13.4. The number of nitrogens with one attached hydrogen (secondary N) is 3. The van der Waals surface area contributed by atoms with Crippen molar-refractivity contribution in [3.63, 3.8) is 0 Å². The van der Waals surface area contributed by atoms with E-state index in [1.807, 2.05) is 55.4 Å². The Morgan fingerprint density at radius 2 is 1.61 bits per heavy atom. The third-order valence-corrected chi connectivity index (χ3v) is 6.67. The lowest BCUT2D eigenvalue weighted by Crippen LogP contribution is -2.31. The average molecular weight is 595 g/mol. The normalized spacial score (nSPS) is 10.9. The van der Waals surface area contributed by atoms with Gasteiger partial charge in [-0.1, -0.05) is 53.5 Å². The number of halogens is 2. The number of likely N-dealkylation sites (N-methyl/N-ethyl adjacent to an activating group) is 1. The van der Waals surface area contributed by atoms with Gasteiger partial charge in [-0.2, -0.15) is 5.10 Å². The second-order valence-corrected chi connectivity index (χ2v) is 10.2. The van der Waals surface area contributed by atoms with Gasteiger partial charge >= 0.3 is 6.03 Å². The first-order valence-electron chi connectivity index (χ1n) is 12.8. The monoisotopic (exact) mass is 593 g/mol. The molecule has 3 amide bonds. The molecule has 0 saturated carbocycles. The molecule has 0 saturated heterocycles. The van der Waals surface area contributed by atoms with Crippen molar-refractivity contribution in [2.75, 3.05) is 37.8 Å². The molecule has 0 bridgehead atoms. The maximum atomic E-state index is 12.9. The number of aryl methyl sites for hydroxylation is 1. The fraction of sp³-hybridized carbons (Fsp3) is 0.207. The van der Waals surface area contributed by atoms with Gasteiger partial charge in [-0.05, 0) is 56.4 Å². The van der Waals surface area contributed by atoms with Gasteiger partial charge in [-0.15, -0.1) is 0 Å². The minimum Gasteiger partial charge on any atom is -0.351 e. The van der Waals surface area contributed by atoms with Gasteiger partial charge in [0.05, 0.1) is 21.4 Å². The highest BCUT2D eigenvalue weighted by Gasteiger charge is 2.15. The van der Waals surface area contributed by atoms with E-state index in [4.69, 9.17) is 23.2 Å². The van der Waals surface area contributed by atoms with Gasteiger partial charge in [-0.3, -0.25) is 14.6 Å². The van der Waals surface area contributed by atoms with Gasteiger partial charge in [0.1, 0.15) is 5.69 Å². The fourth-order valence-corrected chi connectivity index (χ4v) is 4.41. The lowest BCUT2D eigenvalue weighted by Gasteiger charge is -2.13. The highest BCUT2D eigenvalue weighted by Crippen LogP contribution is 2.29. The predicted molar refractivity (Wildman–Crippen MR) is 163 cm³/mol. The number of carbonyl (C=O) groups is 2. The molecule has 0 aliphatic carbocycles. The number of rotatable bonds is 9. The number of hydrogen-bond acceptors (Lipinski definition) is 6. The number of hydrogen-bond donors (Lipinski definition) is 3. The van der Waals surface area contributed by atoms with E-state index < -0.39 is 11.6 Å². The zero-order valence-electron chi connectivity index (χ0n) is 22.7. The van der Waals surface area contributed by atoms with Crippen molar-refractivity contribution >= 4 is 46.5 Å². The van der Waals surface area contributed by atoms with Crippen molar-refractivity contribution in [3.8, 4) is 22.4 Å². The first-order valence-corrected chi connectivity index (χ1v) is 13.5. The molecule has 212 valence electrons. The van der Waals surface area contributed by atoms with Crippen LogP contribution in [0.3, 0.4) is 0 Å². The van der Waals surface area contributed by atoms with Gasteiger partial charge in [-0.25, -0.2) is 9.48 Å². The van der Waals surface area contributed by atoms with Crippen LogP contribution in [0.4, 0.5) is 16.2 Å². The van der Waals surface area contributed by atoms with E-state index in [0.29, 0.717) is 24.3 Å². The van der Waals surface area contributed by atoms with E-state index in [1.54, 1.807) is 19.1 Å². The molecule has 4 aromatic rings. The molecule has 12 heteroatoms. The number of pyridine rings is 1. The summed E-state index contributed by atoms with van der Waals surface area (Å²) in [5, 5.41) is 12.8. The van der Waals surface area contributed by atoms with Crippen molar-refractivity contribution in [2.45, 2.75) is 13.5 Å². The molecule has 4 rings (SSSR count). The third kappa shape index (κ3) is 7.49. The van der Waals surface area contributed by atoms with E-state index >= 15 is 0 Å². The van der Waals surface area contributed by atoms with Crippen LogP contribution in [-0.4, -0.2) is 58.8 Å². The summed E-state index contributed by atoms with van der Waals surface area (Å²) in [6, 6.07) is 15.8. The van der Waals surface area contributed by atoms with Gasteiger partial charge in [0.25, 0.3) is 11.5 Å². The van der Waals surface area contributed by atoms with Crippen LogP contribution in [0.25, 0.3) is 22.4 Å². The topological polar surface area (TPSA) is 121 Å². The lowest BCUT2D eigenvalue weighted by molar-refractivity contribution is 0.0951. The summed E-state index contributed by atoms with van der Waals surface area (Å²) in [7, 11) is 3.90. The molecule has 0 spiro atoms. The van der Waals surface area contributed by atoms with Crippen LogP contribution in [0, 0.1) is 0 Å². The number of benzene rings is 2.